The van der Waals surface area contributed by atoms with Crippen molar-refractivity contribution < 1.29 is 33.7 Å². The fourth-order valence-electron chi connectivity index (χ4n) is 4.23. The van der Waals surface area contributed by atoms with E-state index in [2.05, 4.69) is 0 Å². The summed E-state index contributed by atoms with van der Waals surface area (Å²) in [6.45, 7) is 0. The molecule has 1 aliphatic heterocycles. The number of carbonyl (C=O) groups is 2. The SMILES string of the molecule is COC(=O)c1ccc([C@H]2CC(=O)Oc3cc(O)c4c(=O)c(-c5ccc(O)cc5)coc4c32)cc1. The molecule has 2 N–H and O–H groups in total. The van der Waals surface area contributed by atoms with E-state index in [9.17, 15) is 24.6 Å². The molecule has 0 bridgehead atoms. The molecule has 1 aliphatic rings. The molecule has 0 unspecified atom stereocenters. The highest BCUT2D eigenvalue weighted by Crippen LogP contribution is 2.45. The molecule has 0 spiro atoms. The van der Waals surface area contributed by atoms with Crippen LogP contribution in [0.4, 0.5) is 0 Å². The largest absolute Gasteiger partial charge is 0.508 e. The average Bonchev–Trinajstić information content (AvgIpc) is 2.83. The Kier molecular flexibility index (Phi) is 5.05. The van der Waals surface area contributed by atoms with Crippen LogP contribution in [-0.4, -0.2) is 29.3 Å². The van der Waals surface area contributed by atoms with E-state index in [1.165, 1.54) is 31.6 Å². The van der Waals surface area contributed by atoms with Crippen LogP contribution in [0.3, 0.4) is 0 Å². The third-order valence-electron chi connectivity index (χ3n) is 5.88. The molecule has 5 rings (SSSR count). The van der Waals surface area contributed by atoms with Crippen LogP contribution in [0.1, 0.15) is 33.8 Å². The van der Waals surface area contributed by atoms with Gasteiger partial charge in [0, 0.05) is 17.5 Å². The van der Waals surface area contributed by atoms with Crippen molar-refractivity contribution in [1.29, 1.82) is 0 Å². The van der Waals surface area contributed by atoms with Crippen molar-refractivity contribution in [2.45, 2.75) is 12.3 Å². The lowest BCUT2D eigenvalue weighted by molar-refractivity contribution is -0.135. The van der Waals surface area contributed by atoms with E-state index in [0.717, 1.165) is 0 Å². The standard InChI is InChI=1S/C26H18O8/c1-32-26(31)15-4-2-13(3-5-15)17-10-21(29)34-20-11-19(28)23-24(30)18(12-33-25(23)22(17)20)14-6-8-16(27)9-7-14/h2-9,11-12,17,27-28H,10H2,1H3/t17-/m1/s1. The molecule has 170 valence electrons. The summed E-state index contributed by atoms with van der Waals surface area (Å²) in [5.74, 6) is -1.75. The quantitative estimate of drug-likeness (QED) is 0.347. The van der Waals surface area contributed by atoms with E-state index < -0.39 is 23.3 Å². The van der Waals surface area contributed by atoms with Gasteiger partial charge in [-0.25, -0.2) is 4.79 Å². The monoisotopic (exact) mass is 458 g/mol. The van der Waals surface area contributed by atoms with Crippen LogP contribution >= 0.6 is 0 Å². The number of rotatable bonds is 3. The molecular formula is C26H18O8. The molecule has 8 heteroatoms. The fraction of sp³-hybridized carbons (Fsp3) is 0.115. The lowest BCUT2D eigenvalue weighted by atomic mass is 9.84. The molecule has 0 fully saturated rings. The van der Waals surface area contributed by atoms with E-state index in [1.54, 1.807) is 36.4 Å². The second-order valence-electron chi connectivity index (χ2n) is 7.88. The summed E-state index contributed by atoms with van der Waals surface area (Å²) >= 11 is 0. The van der Waals surface area contributed by atoms with Crippen LogP contribution in [-0.2, 0) is 9.53 Å². The van der Waals surface area contributed by atoms with Crippen LogP contribution in [0.2, 0.25) is 0 Å². The Balaban J connectivity index is 1.70. The van der Waals surface area contributed by atoms with Gasteiger partial charge in [-0.2, -0.15) is 0 Å². The summed E-state index contributed by atoms with van der Waals surface area (Å²) in [5.41, 5.74) is 1.85. The zero-order chi connectivity index (χ0) is 24.0. The molecule has 0 aliphatic carbocycles. The van der Waals surface area contributed by atoms with E-state index in [-0.39, 0.29) is 40.2 Å². The molecule has 8 nitrogen and oxygen atoms in total. The van der Waals surface area contributed by atoms with Crippen molar-refractivity contribution >= 4 is 22.9 Å². The molecule has 0 saturated carbocycles. The van der Waals surface area contributed by atoms with Crippen LogP contribution in [0.15, 0.2) is 70.1 Å². The smallest absolute Gasteiger partial charge is 0.337 e. The summed E-state index contributed by atoms with van der Waals surface area (Å²) < 4.78 is 16.0. The summed E-state index contributed by atoms with van der Waals surface area (Å²) in [5, 5.41) is 20.1. The van der Waals surface area contributed by atoms with Crippen molar-refractivity contribution in [2.24, 2.45) is 0 Å². The van der Waals surface area contributed by atoms with Gasteiger partial charge < -0.3 is 24.1 Å². The number of phenolic OH excluding ortho intramolecular Hbond substituents is 2. The number of carbonyl (C=O) groups excluding carboxylic acids is 2. The van der Waals surface area contributed by atoms with Gasteiger partial charge in [0.2, 0.25) is 5.43 Å². The molecular weight excluding hydrogens is 440 g/mol. The van der Waals surface area contributed by atoms with Gasteiger partial charge >= 0.3 is 11.9 Å². The molecule has 34 heavy (non-hydrogen) atoms. The molecule has 3 aromatic carbocycles. The van der Waals surface area contributed by atoms with Crippen LogP contribution in [0.25, 0.3) is 22.1 Å². The predicted octanol–water partition coefficient (Wildman–Crippen LogP) is 4.10. The van der Waals surface area contributed by atoms with Crippen LogP contribution in [0, 0.1) is 0 Å². The topological polar surface area (TPSA) is 123 Å². The third kappa shape index (κ3) is 3.45. The maximum absolute atomic E-state index is 13.3. The molecule has 4 aromatic rings. The first-order valence-electron chi connectivity index (χ1n) is 10.4. The first kappa shape index (κ1) is 21.3. The number of hydrogen-bond donors (Lipinski definition) is 2. The Morgan fingerprint density at radius 1 is 1.03 bits per heavy atom. The Bertz CT molecular complexity index is 1500. The highest BCUT2D eigenvalue weighted by atomic mass is 16.5. The summed E-state index contributed by atoms with van der Waals surface area (Å²) in [6.07, 6.45) is 1.26. The summed E-state index contributed by atoms with van der Waals surface area (Å²) in [7, 11) is 1.29. The van der Waals surface area contributed by atoms with Crippen molar-refractivity contribution in [2.75, 3.05) is 7.11 Å². The van der Waals surface area contributed by atoms with Gasteiger partial charge in [0.05, 0.1) is 24.7 Å². The number of hydrogen-bond acceptors (Lipinski definition) is 8. The second kappa shape index (κ2) is 8.08. The van der Waals surface area contributed by atoms with Gasteiger partial charge in [0.1, 0.15) is 34.5 Å². The van der Waals surface area contributed by atoms with Crippen molar-refractivity contribution in [3.63, 3.8) is 0 Å². The lowest BCUT2D eigenvalue weighted by Gasteiger charge is -2.26. The summed E-state index contributed by atoms with van der Waals surface area (Å²) in [6, 6.07) is 13.8. The Hall–Kier alpha value is -4.59. The van der Waals surface area contributed by atoms with E-state index >= 15 is 0 Å². The minimum absolute atomic E-state index is 0.0200. The number of phenols is 2. The van der Waals surface area contributed by atoms with E-state index in [1.807, 2.05) is 0 Å². The lowest BCUT2D eigenvalue weighted by Crippen LogP contribution is -2.22. The van der Waals surface area contributed by atoms with Gasteiger partial charge in [0.15, 0.2) is 0 Å². The summed E-state index contributed by atoms with van der Waals surface area (Å²) in [4.78, 5) is 37.4. The number of fused-ring (bicyclic) bond motifs is 3. The average molecular weight is 458 g/mol. The van der Waals surface area contributed by atoms with Crippen molar-refractivity contribution in [1.82, 2.24) is 0 Å². The van der Waals surface area contributed by atoms with Crippen LogP contribution < -0.4 is 10.2 Å². The normalized spacial score (nSPS) is 15.0. The second-order valence-corrected chi connectivity index (χ2v) is 7.88. The molecule has 1 atom stereocenters. The molecule has 0 saturated heterocycles. The Labute approximate surface area is 192 Å². The van der Waals surface area contributed by atoms with Crippen molar-refractivity contribution in [3.05, 3.63) is 87.8 Å². The fourth-order valence-corrected chi connectivity index (χ4v) is 4.23. The van der Waals surface area contributed by atoms with Crippen LogP contribution in [0.5, 0.6) is 17.2 Å². The number of methoxy groups -OCH3 is 1. The number of benzene rings is 3. The third-order valence-corrected chi connectivity index (χ3v) is 5.88. The number of ether oxygens (including phenoxy) is 2. The number of esters is 2. The first-order chi connectivity index (χ1) is 16.4. The maximum atomic E-state index is 13.3. The zero-order valence-corrected chi connectivity index (χ0v) is 17.9. The molecule has 1 aromatic heterocycles. The minimum atomic E-state index is -0.534. The van der Waals surface area contributed by atoms with Gasteiger partial charge in [-0.15, -0.1) is 0 Å². The highest BCUT2D eigenvalue weighted by Gasteiger charge is 2.33. The van der Waals surface area contributed by atoms with Crippen molar-refractivity contribution in [3.8, 4) is 28.4 Å². The molecule has 2 heterocycles. The minimum Gasteiger partial charge on any atom is -0.508 e. The first-order valence-corrected chi connectivity index (χ1v) is 10.4. The highest BCUT2D eigenvalue weighted by molar-refractivity contribution is 5.94. The predicted molar refractivity (Wildman–Crippen MR) is 121 cm³/mol. The maximum Gasteiger partial charge on any atom is 0.337 e. The zero-order valence-electron chi connectivity index (χ0n) is 17.9. The van der Waals surface area contributed by atoms with Gasteiger partial charge in [-0.1, -0.05) is 24.3 Å². The molecule has 0 amide bonds. The Morgan fingerprint density at radius 2 is 1.74 bits per heavy atom. The van der Waals surface area contributed by atoms with E-state index in [4.69, 9.17) is 13.9 Å². The number of aromatic hydroxyl groups is 2. The molecule has 0 radical (unpaired) electrons. The van der Waals surface area contributed by atoms with Gasteiger partial charge in [-0.05, 0) is 35.4 Å². The Morgan fingerprint density at radius 3 is 2.41 bits per heavy atom. The van der Waals surface area contributed by atoms with E-state index in [0.29, 0.717) is 22.3 Å². The van der Waals surface area contributed by atoms with Gasteiger partial charge in [-0.3, -0.25) is 9.59 Å². The van der Waals surface area contributed by atoms with Gasteiger partial charge in [0.25, 0.3) is 0 Å².